The summed E-state index contributed by atoms with van der Waals surface area (Å²) in [5, 5.41) is 15.6. The van der Waals surface area contributed by atoms with Crippen molar-refractivity contribution in [3.63, 3.8) is 0 Å². The van der Waals surface area contributed by atoms with E-state index in [-0.39, 0.29) is 5.60 Å². The molecule has 45 heavy (non-hydrogen) atoms. The molecular formula is C37H45NO7. The van der Waals surface area contributed by atoms with Crippen molar-refractivity contribution in [1.29, 1.82) is 0 Å². The molecule has 3 aromatic rings. The molecule has 2 N–H and O–H groups in total. The number of ether oxygens (including phenoxy) is 3. The van der Waals surface area contributed by atoms with Crippen LogP contribution >= 0.6 is 0 Å². The number of nitrogens with zero attached hydrogens (tertiary/aromatic N) is 1. The van der Waals surface area contributed by atoms with Gasteiger partial charge in [-0.15, -0.1) is 0 Å². The average molecular weight is 616 g/mol. The number of fused-ring (bicyclic) bond motifs is 1. The van der Waals surface area contributed by atoms with Crippen LogP contribution in [0, 0.1) is 5.92 Å². The Balaban J connectivity index is 0.000000510. The summed E-state index contributed by atoms with van der Waals surface area (Å²) in [5.74, 6) is 0.0477. The summed E-state index contributed by atoms with van der Waals surface area (Å²) < 4.78 is 17.7. The first-order valence-electron chi connectivity index (χ1n) is 15.6. The van der Waals surface area contributed by atoms with Gasteiger partial charge in [-0.3, -0.25) is 0 Å². The molecular weight excluding hydrogens is 570 g/mol. The van der Waals surface area contributed by atoms with Crippen LogP contribution in [0.3, 0.4) is 0 Å². The zero-order chi connectivity index (χ0) is 32.2. The highest BCUT2D eigenvalue weighted by molar-refractivity contribution is 5.89. The minimum atomic E-state index is -1.26. The fourth-order valence-corrected chi connectivity index (χ4v) is 6.64. The van der Waals surface area contributed by atoms with Gasteiger partial charge < -0.3 is 29.3 Å². The molecule has 0 aliphatic carbocycles. The molecule has 8 heteroatoms. The predicted octanol–water partition coefficient (Wildman–Crippen LogP) is 6.53. The second kappa shape index (κ2) is 16.3. The number of likely N-dealkylation sites (tertiary alicyclic amines) is 1. The lowest BCUT2D eigenvalue weighted by Crippen LogP contribution is -2.45. The number of methoxy groups -OCH3 is 2. The number of piperidine rings is 1. The molecule has 2 aliphatic heterocycles. The highest BCUT2D eigenvalue weighted by Gasteiger charge is 2.42. The summed E-state index contributed by atoms with van der Waals surface area (Å²) in [5.41, 5.74) is 5.18. The Kier molecular flexibility index (Phi) is 12.2. The molecule has 1 unspecified atom stereocenters. The quantitative estimate of drug-likeness (QED) is 0.235. The summed E-state index contributed by atoms with van der Waals surface area (Å²) in [7, 11) is 3.42. The molecule has 1 fully saturated rings. The number of hydrogen-bond donors (Lipinski definition) is 2. The smallest absolute Gasteiger partial charge is 0.328 e. The first-order chi connectivity index (χ1) is 21.7. The molecule has 0 amide bonds. The van der Waals surface area contributed by atoms with Crippen LogP contribution in [0.2, 0.25) is 0 Å². The molecule has 0 spiro atoms. The first kappa shape index (κ1) is 33.7. The van der Waals surface area contributed by atoms with Gasteiger partial charge in [-0.25, -0.2) is 9.59 Å². The molecule has 0 radical (unpaired) electrons. The number of hydrogen-bond acceptors (Lipinski definition) is 6. The van der Waals surface area contributed by atoms with Crippen molar-refractivity contribution in [2.45, 2.75) is 50.5 Å². The van der Waals surface area contributed by atoms with Gasteiger partial charge in [-0.05, 0) is 99.0 Å². The van der Waals surface area contributed by atoms with Crippen molar-refractivity contribution in [2.75, 3.05) is 40.5 Å². The SMILES string of the molecule is COc1cc2c(cc1OC)C(C)(C1CCN(CCCC(c3ccccc3)c3ccccc3)CC1)OCC2.O=C(O)/C=C/C(=O)O. The Hall–Kier alpha value is -4.14. The zero-order valence-corrected chi connectivity index (χ0v) is 26.5. The molecule has 2 aliphatic rings. The molecule has 0 saturated carbocycles. The molecule has 3 aromatic carbocycles. The van der Waals surface area contributed by atoms with Crippen LogP contribution in [0.25, 0.3) is 0 Å². The number of rotatable bonds is 11. The van der Waals surface area contributed by atoms with Crippen molar-refractivity contribution in [3.05, 3.63) is 107 Å². The third-order valence-corrected chi connectivity index (χ3v) is 9.02. The topological polar surface area (TPSA) is 106 Å². The second-order valence-corrected chi connectivity index (χ2v) is 11.7. The summed E-state index contributed by atoms with van der Waals surface area (Å²) >= 11 is 0. The number of aliphatic carboxylic acids is 2. The molecule has 1 atom stereocenters. The van der Waals surface area contributed by atoms with Crippen LogP contribution in [0.5, 0.6) is 11.5 Å². The van der Waals surface area contributed by atoms with E-state index >= 15 is 0 Å². The summed E-state index contributed by atoms with van der Waals surface area (Å²) in [6.45, 7) is 6.48. The van der Waals surface area contributed by atoms with Gasteiger partial charge in [0, 0.05) is 18.1 Å². The van der Waals surface area contributed by atoms with Crippen LogP contribution in [0.4, 0.5) is 0 Å². The van der Waals surface area contributed by atoms with Crippen molar-refractivity contribution < 1.29 is 34.0 Å². The predicted molar refractivity (Wildman–Crippen MR) is 174 cm³/mol. The number of carbonyl (C=O) groups is 2. The van der Waals surface area contributed by atoms with E-state index in [4.69, 9.17) is 24.4 Å². The summed E-state index contributed by atoms with van der Waals surface area (Å²) in [4.78, 5) is 21.8. The van der Waals surface area contributed by atoms with E-state index in [9.17, 15) is 9.59 Å². The van der Waals surface area contributed by atoms with E-state index in [2.05, 4.69) is 84.6 Å². The molecule has 1 saturated heterocycles. The van der Waals surface area contributed by atoms with E-state index in [1.165, 1.54) is 35.1 Å². The third kappa shape index (κ3) is 8.96. The van der Waals surface area contributed by atoms with E-state index in [0.717, 1.165) is 57.0 Å². The normalized spacial score (nSPS) is 18.6. The minimum Gasteiger partial charge on any atom is -0.493 e. The van der Waals surface area contributed by atoms with Crippen molar-refractivity contribution in [1.82, 2.24) is 4.90 Å². The van der Waals surface area contributed by atoms with Gasteiger partial charge in [-0.2, -0.15) is 0 Å². The Morgan fingerprint density at radius 2 is 1.44 bits per heavy atom. The van der Waals surface area contributed by atoms with Gasteiger partial charge in [0.05, 0.1) is 26.4 Å². The van der Waals surface area contributed by atoms with Gasteiger partial charge in [0.2, 0.25) is 0 Å². The van der Waals surface area contributed by atoms with Crippen LogP contribution in [0.1, 0.15) is 60.8 Å². The van der Waals surface area contributed by atoms with Crippen LogP contribution in [-0.2, 0) is 26.3 Å². The number of benzene rings is 3. The zero-order valence-electron chi connectivity index (χ0n) is 26.5. The average Bonchev–Trinajstić information content (AvgIpc) is 3.06. The highest BCUT2D eigenvalue weighted by Crippen LogP contribution is 2.46. The second-order valence-electron chi connectivity index (χ2n) is 11.7. The maximum Gasteiger partial charge on any atom is 0.328 e. The van der Waals surface area contributed by atoms with Gasteiger partial charge >= 0.3 is 11.9 Å². The maximum absolute atomic E-state index is 9.55. The minimum absolute atomic E-state index is 0.273. The molecule has 0 aromatic heterocycles. The Morgan fingerprint density at radius 3 is 1.96 bits per heavy atom. The lowest BCUT2D eigenvalue weighted by Gasteiger charge is -2.46. The van der Waals surface area contributed by atoms with Crippen molar-refractivity contribution >= 4 is 11.9 Å². The van der Waals surface area contributed by atoms with Crippen LogP contribution in [-0.4, -0.2) is 67.5 Å². The van der Waals surface area contributed by atoms with Crippen molar-refractivity contribution in [3.8, 4) is 11.5 Å². The van der Waals surface area contributed by atoms with Gasteiger partial charge in [0.15, 0.2) is 11.5 Å². The van der Waals surface area contributed by atoms with Gasteiger partial charge in [-0.1, -0.05) is 60.7 Å². The fraction of sp³-hybridized carbons (Fsp3) is 0.405. The number of carboxylic acids is 2. The molecule has 8 nitrogen and oxygen atoms in total. The standard InChI is InChI=1S/C33H41NO3.C4H4O4/c1-33(30-24-32(36-3)31(35-2)23-27(30)18-22-37-33)28-16-20-34(21-17-28)19-10-15-29(25-11-6-4-7-12-25)26-13-8-5-9-14-26;5-3(6)1-2-4(7)8/h4-9,11-14,23-24,28-29H,10,15-22H2,1-3H3;1-2H,(H,5,6)(H,7,8)/b;2-1+. The molecule has 5 rings (SSSR count). The molecule has 2 heterocycles. The maximum atomic E-state index is 9.55. The monoisotopic (exact) mass is 615 g/mol. The van der Waals surface area contributed by atoms with Crippen molar-refractivity contribution in [2.24, 2.45) is 5.92 Å². The number of carboxylic acid groups (broad SMARTS) is 2. The lowest BCUT2D eigenvalue weighted by molar-refractivity contribution is -0.134. The van der Waals surface area contributed by atoms with Gasteiger partial charge in [0.25, 0.3) is 0 Å². The van der Waals surface area contributed by atoms with E-state index < -0.39 is 11.9 Å². The Bertz CT molecular complexity index is 1360. The third-order valence-electron chi connectivity index (χ3n) is 9.02. The van der Waals surface area contributed by atoms with E-state index in [1.54, 1.807) is 14.2 Å². The van der Waals surface area contributed by atoms with Gasteiger partial charge in [0.1, 0.15) is 0 Å². The summed E-state index contributed by atoms with van der Waals surface area (Å²) in [6, 6.07) is 26.3. The largest absolute Gasteiger partial charge is 0.493 e. The first-order valence-corrected chi connectivity index (χ1v) is 15.6. The summed E-state index contributed by atoms with van der Waals surface area (Å²) in [6.07, 6.45) is 6.73. The van der Waals surface area contributed by atoms with Crippen LogP contribution < -0.4 is 9.47 Å². The fourth-order valence-electron chi connectivity index (χ4n) is 6.64. The van der Waals surface area contributed by atoms with E-state index in [0.29, 0.717) is 24.0 Å². The Morgan fingerprint density at radius 1 is 0.911 bits per heavy atom. The van der Waals surface area contributed by atoms with Crippen LogP contribution in [0.15, 0.2) is 84.9 Å². The highest BCUT2D eigenvalue weighted by atomic mass is 16.5. The molecule has 240 valence electrons. The Labute approximate surface area is 266 Å². The molecule has 0 bridgehead atoms. The van der Waals surface area contributed by atoms with E-state index in [1.807, 2.05) is 0 Å². The lowest BCUT2D eigenvalue weighted by atomic mass is 9.74.